The van der Waals surface area contributed by atoms with Gasteiger partial charge in [-0.1, -0.05) is 0 Å². The van der Waals surface area contributed by atoms with Crippen LogP contribution in [0.2, 0.25) is 0 Å². The predicted octanol–water partition coefficient (Wildman–Crippen LogP) is 0.794. The molecule has 0 aliphatic rings. The Morgan fingerprint density at radius 3 is 3.00 bits per heavy atom. The highest BCUT2D eigenvalue weighted by molar-refractivity contribution is 7.09. The highest BCUT2D eigenvalue weighted by Crippen LogP contribution is 2.03. The van der Waals surface area contributed by atoms with E-state index in [0.717, 1.165) is 19.6 Å². The van der Waals surface area contributed by atoms with Crippen molar-refractivity contribution in [2.45, 2.75) is 6.54 Å². The van der Waals surface area contributed by atoms with Crippen molar-refractivity contribution in [2.75, 3.05) is 27.2 Å². The molecule has 0 aliphatic carbocycles. The molecular formula is C8H15N3S. The monoisotopic (exact) mass is 185 g/mol. The fraction of sp³-hybridized carbons (Fsp3) is 0.625. The molecule has 0 saturated carbocycles. The normalized spacial score (nSPS) is 10.9. The summed E-state index contributed by atoms with van der Waals surface area (Å²) in [4.78, 5) is 7.47. The van der Waals surface area contributed by atoms with Crippen molar-refractivity contribution in [3.05, 3.63) is 16.6 Å². The summed E-state index contributed by atoms with van der Waals surface area (Å²) in [6.45, 7) is 3.06. The van der Waals surface area contributed by atoms with Crippen molar-refractivity contribution in [3.8, 4) is 0 Å². The molecule has 1 N–H and O–H groups in total. The van der Waals surface area contributed by atoms with Gasteiger partial charge in [-0.25, -0.2) is 0 Å². The molecule has 68 valence electrons. The van der Waals surface area contributed by atoms with Gasteiger partial charge in [0, 0.05) is 30.7 Å². The zero-order chi connectivity index (χ0) is 8.81. The fourth-order valence-electron chi connectivity index (χ4n) is 0.844. The van der Waals surface area contributed by atoms with Gasteiger partial charge in [-0.05, 0) is 14.1 Å². The topological polar surface area (TPSA) is 28.2 Å². The number of rotatable bonds is 5. The molecule has 0 radical (unpaired) electrons. The lowest BCUT2D eigenvalue weighted by Gasteiger charge is -2.09. The lowest BCUT2D eigenvalue weighted by molar-refractivity contribution is 0.400. The van der Waals surface area contributed by atoms with Crippen LogP contribution in [-0.4, -0.2) is 37.1 Å². The molecule has 3 nitrogen and oxygen atoms in total. The van der Waals surface area contributed by atoms with Gasteiger partial charge in [0.05, 0.1) is 5.51 Å². The third kappa shape index (κ3) is 3.80. The number of nitrogens with one attached hydrogen (secondary N) is 1. The number of nitrogens with zero attached hydrogens (tertiary/aromatic N) is 2. The van der Waals surface area contributed by atoms with Gasteiger partial charge in [-0.2, -0.15) is 0 Å². The molecular weight excluding hydrogens is 170 g/mol. The summed E-state index contributed by atoms with van der Waals surface area (Å²) in [6, 6.07) is 0. The molecule has 0 atom stereocenters. The van der Waals surface area contributed by atoms with Gasteiger partial charge in [0.25, 0.3) is 0 Å². The SMILES string of the molecule is CN(C)CCNCc1cncs1. The summed E-state index contributed by atoms with van der Waals surface area (Å²) in [7, 11) is 4.16. The van der Waals surface area contributed by atoms with E-state index in [0.29, 0.717) is 0 Å². The van der Waals surface area contributed by atoms with Gasteiger partial charge in [-0.3, -0.25) is 4.98 Å². The minimum absolute atomic E-state index is 0.943. The molecule has 0 fully saturated rings. The second kappa shape index (κ2) is 5.24. The predicted molar refractivity (Wildman–Crippen MR) is 52.4 cm³/mol. The van der Waals surface area contributed by atoms with Crippen LogP contribution in [0.1, 0.15) is 4.88 Å². The van der Waals surface area contributed by atoms with Crippen LogP contribution in [-0.2, 0) is 6.54 Å². The smallest absolute Gasteiger partial charge is 0.0794 e. The molecule has 1 rings (SSSR count). The first-order valence-electron chi connectivity index (χ1n) is 4.02. The largest absolute Gasteiger partial charge is 0.311 e. The Labute approximate surface area is 77.4 Å². The van der Waals surface area contributed by atoms with Crippen molar-refractivity contribution in [1.82, 2.24) is 15.2 Å². The van der Waals surface area contributed by atoms with E-state index in [4.69, 9.17) is 0 Å². The fourth-order valence-corrected chi connectivity index (χ4v) is 1.41. The Kier molecular flexibility index (Phi) is 4.21. The molecule has 12 heavy (non-hydrogen) atoms. The third-order valence-electron chi connectivity index (χ3n) is 1.52. The van der Waals surface area contributed by atoms with E-state index >= 15 is 0 Å². The minimum Gasteiger partial charge on any atom is -0.311 e. The Bertz CT molecular complexity index is 196. The lowest BCUT2D eigenvalue weighted by Crippen LogP contribution is -2.25. The molecule has 1 aromatic rings. The number of aromatic nitrogens is 1. The number of likely N-dealkylation sites (N-methyl/N-ethyl adjacent to an activating group) is 1. The van der Waals surface area contributed by atoms with Crippen molar-refractivity contribution < 1.29 is 0 Å². The number of thiazole rings is 1. The molecule has 1 heterocycles. The van der Waals surface area contributed by atoms with Crippen LogP contribution in [0.25, 0.3) is 0 Å². The van der Waals surface area contributed by atoms with Crippen LogP contribution < -0.4 is 5.32 Å². The first kappa shape index (κ1) is 9.64. The molecule has 0 unspecified atom stereocenters. The van der Waals surface area contributed by atoms with Gasteiger partial charge in [0.15, 0.2) is 0 Å². The van der Waals surface area contributed by atoms with Crippen LogP contribution >= 0.6 is 11.3 Å². The van der Waals surface area contributed by atoms with E-state index in [1.807, 2.05) is 11.7 Å². The van der Waals surface area contributed by atoms with E-state index < -0.39 is 0 Å². The maximum absolute atomic E-state index is 4.00. The quantitative estimate of drug-likeness (QED) is 0.688. The molecule has 0 aliphatic heterocycles. The standard InChI is InChI=1S/C8H15N3S/c1-11(2)4-3-9-5-8-6-10-7-12-8/h6-7,9H,3-5H2,1-2H3. The summed E-state index contributed by atoms with van der Waals surface area (Å²) in [5.41, 5.74) is 1.86. The molecule has 0 spiro atoms. The third-order valence-corrected chi connectivity index (χ3v) is 2.30. The van der Waals surface area contributed by atoms with Crippen LogP contribution in [0.4, 0.5) is 0 Å². The number of hydrogen-bond donors (Lipinski definition) is 1. The summed E-state index contributed by atoms with van der Waals surface area (Å²) < 4.78 is 0. The molecule has 1 aromatic heterocycles. The number of hydrogen-bond acceptors (Lipinski definition) is 4. The van der Waals surface area contributed by atoms with Crippen molar-refractivity contribution in [2.24, 2.45) is 0 Å². The van der Waals surface area contributed by atoms with E-state index in [9.17, 15) is 0 Å². The zero-order valence-corrected chi connectivity index (χ0v) is 8.40. The minimum atomic E-state index is 0.943. The van der Waals surface area contributed by atoms with Crippen LogP contribution in [0.5, 0.6) is 0 Å². The van der Waals surface area contributed by atoms with Gasteiger partial charge in [0.1, 0.15) is 0 Å². The van der Waals surface area contributed by atoms with E-state index in [1.165, 1.54) is 4.88 Å². The summed E-state index contributed by atoms with van der Waals surface area (Å²) >= 11 is 1.69. The Hall–Kier alpha value is -0.450. The lowest BCUT2D eigenvalue weighted by atomic mass is 10.5. The molecule has 0 amide bonds. The van der Waals surface area contributed by atoms with Gasteiger partial charge < -0.3 is 10.2 Å². The molecule has 4 heteroatoms. The Morgan fingerprint density at radius 1 is 1.58 bits per heavy atom. The Balaban J connectivity index is 2.04. The Morgan fingerprint density at radius 2 is 2.42 bits per heavy atom. The second-order valence-electron chi connectivity index (χ2n) is 2.95. The molecule has 0 aromatic carbocycles. The van der Waals surface area contributed by atoms with E-state index in [1.54, 1.807) is 11.3 Å². The zero-order valence-electron chi connectivity index (χ0n) is 7.58. The molecule has 0 bridgehead atoms. The van der Waals surface area contributed by atoms with Crippen molar-refractivity contribution in [3.63, 3.8) is 0 Å². The van der Waals surface area contributed by atoms with Crippen LogP contribution in [0.3, 0.4) is 0 Å². The molecule has 0 saturated heterocycles. The summed E-state index contributed by atoms with van der Waals surface area (Å²) in [6.07, 6.45) is 1.91. The highest BCUT2D eigenvalue weighted by Gasteiger charge is 1.93. The summed E-state index contributed by atoms with van der Waals surface area (Å²) in [5.74, 6) is 0. The van der Waals surface area contributed by atoms with Crippen molar-refractivity contribution in [1.29, 1.82) is 0 Å². The maximum atomic E-state index is 4.00. The second-order valence-corrected chi connectivity index (χ2v) is 3.92. The van der Waals surface area contributed by atoms with Gasteiger partial charge in [-0.15, -0.1) is 11.3 Å². The highest BCUT2D eigenvalue weighted by atomic mass is 32.1. The summed E-state index contributed by atoms with van der Waals surface area (Å²) in [5, 5.41) is 3.35. The maximum Gasteiger partial charge on any atom is 0.0794 e. The van der Waals surface area contributed by atoms with Gasteiger partial charge in [0.2, 0.25) is 0 Å². The van der Waals surface area contributed by atoms with Crippen LogP contribution in [0, 0.1) is 0 Å². The average Bonchev–Trinajstić information content (AvgIpc) is 2.49. The van der Waals surface area contributed by atoms with Gasteiger partial charge >= 0.3 is 0 Å². The first-order chi connectivity index (χ1) is 5.79. The average molecular weight is 185 g/mol. The van der Waals surface area contributed by atoms with E-state index in [-0.39, 0.29) is 0 Å². The van der Waals surface area contributed by atoms with Crippen LogP contribution in [0.15, 0.2) is 11.7 Å². The van der Waals surface area contributed by atoms with E-state index in [2.05, 4.69) is 29.3 Å². The first-order valence-corrected chi connectivity index (χ1v) is 4.90. The van der Waals surface area contributed by atoms with Crippen molar-refractivity contribution >= 4 is 11.3 Å².